The van der Waals surface area contributed by atoms with Crippen LogP contribution in [0, 0.1) is 5.92 Å². The smallest absolute Gasteiger partial charge is 0.225 e. The number of halogens is 1. The Kier molecular flexibility index (Phi) is 4.97. The Bertz CT molecular complexity index is 583. The zero-order chi connectivity index (χ0) is 16.4. The van der Waals surface area contributed by atoms with Gasteiger partial charge in [-0.05, 0) is 17.7 Å². The monoisotopic (exact) mass is 338 g/mol. The van der Waals surface area contributed by atoms with E-state index in [0.717, 1.165) is 44.0 Å². The van der Waals surface area contributed by atoms with E-state index in [1.807, 2.05) is 30.9 Å². The van der Waals surface area contributed by atoms with Gasteiger partial charge >= 0.3 is 0 Å². The van der Waals surface area contributed by atoms with Crippen LogP contribution >= 0.6 is 11.6 Å². The Morgan fingerprint density at radius 3 is 2.57 bits per heavy atom. The van der Waals surface area contributed by atoms with E-state index in [1.54, 1.807) is 0 Å². The van der Waals surface area contributed by atoms with Gasteiger partial charge in [-0.3, -0.25) is 9.69 Å². The maximum atomic E-state index is 12.0. The first-order chi connectivity index (χ1) is 11.0. The van der Waals surface area contributed by atoms with Crippen LogP contribution in [0.25, 0.3) is 0 Å². The number of nitrogens with zero attached hydrogens (tertiary/aromatic N) is 2. The predicted octanol–water partition coefficient (Wildman–Crippen LogP) is 2.41. The van der Waals surface area contributed by atoms with Gasteiger partial charge in [0.1, 0.15) is 13.2 Å². The van der Waals surface area contributed by atoms with Crippen molar-refractivity contribution < 1.29 is 14.3 Å². The number of carbonyl (C=O) groups is 1. The molecule has 0 spiro atoms. The molecule has 0 bridgehead atoms. The van der Waals surface area contributed by atoms with Crippen molar-refractivity contribution in [2.45, 2.75) is 20.4 Å². The summed E-state index contributed by atoms with van der Waals surface area (Å²) in [5.41, 5.74) is 1.11. The molecule has 0 unspecified atom stereocenters. The van der Waals surface area contributed by atoms with E-state index in [1.165, 1.54) is 0 Å². The standard InChI is InChI=1S/C17H23ClN2O3/c1-12(2)17(21)20-5-3-19(4-6-20)11-13-9-14(18)16-15(10-13)22-7-8-23-16/h9-10,12H,3-8,11H2,1-2H3. The van der Waals surface area contributed by atoms with Crippen molar-refractivity contribution in [1.29, 1.82) is 0 Å². The minimum absolute atomic E-state index is 0.0677. The number of carbonyl (C=O) groups excluding carboxylic acids is 1. The van der Waals surface area contributed by atoms with Crippen molar-refractivity contribution in [3.05, 3.63) is 22.7 Å². The average Bonchev–Trinajstić information content (AvgIpc) is 2.55. The molecule has 1 aromatic carbocycles. The summed E-state index contributed by atoms with van der Waals surface area (Å²) in [5, 5.41) is 0.603. The second kappa shape index (κ2) is 6.97. The maximum absolute atomic E-state index is 12.0. The minimum atomic E-state index is 0.0677. The number of benzene rings is 1. The molecule has 0 N–H and O–H groups in total. The van der Waals surface area contributed by atoms with Gasteiger partial charge < -0.3 is 14.4 Å². The van der Waals surface area contributed by atoms with E-state index in [-0.39, 0.29) is 11.8 Å². The van der Waals surface area contributed by atoms with E-state index in [9.17, 15) is 4.79 Å². The van der Waals surface area contributed by atoms with Gasteiger partial charge in [-0.2, -0.15) is 0 Å². The van der Waals surface area contributed by atoms with Crippen LogP contribution in [0.15, 0.2) is 12.1 Å². The van der Waals surface area contributed by atoms with Crippen molar-refractivity contribution in [3.8, 4) is 11.5 Å². The highest BCUT2D eigenvalue weighted by atomic mass is 35.5. The van der Waals surface area contributed by atoms with Crippen LogP contribution in [-0.2, 0) is 11.3 Å². The fraction of sp³-hybridized carbons (Fsp3) is 0.588. The molecule has 2 aliphatic rings. The minimum Gasteiger partial charge on any atom is -0.486 e. The van der Waals surface area contributed by atoms with Crippen LogP contribution in [-0.4, -0.2) is 55.1 Å². The van der Waals surface area contributed by atoms with E-state index in [2.05, 4.69) is 4.90 Å². The Balaban J connectivity index is 1.61. The number of fused-ring (bicyclic) bond motifs is 1. The molecule has 0 radical (unpaired) electrons. The maximum Gasteiger partial charge on any atom is 0.225 e. The number of amides is 1. The normalized spacial score (nSPS) is 18.3. The molecule has 1 fully saturated rings. The predicted molar refractivity (Wildman–Crippen MR) is 89.1 cm³/mol. The Labute approximate surface area is 142 Å². The van der Waals surface area contributed by atoms with Gasteiger partial charge in [0.15, 0.2) is 11.5 Å². The summed E-state index contributed by atoms with van der Waals surface area (Å²) in [6, 6.07) is 3.95. The number of piperazine rings is 1. The molecular weight excluding hydrogens is 316 g/mol. The summed E-state index contributed by atoms with van der Waals surface area (Å²) in [6.07, 6.45) is 0. The third-order valence-electron chi connectivity index (χ3n) is 4.24. The van der Waals surface area contributed by atoms with Gasteiger partial charge in [0, 0.05) is 38.6 Å². The topological polar surface area (TPSA) is 42.0 Å². The molecule has 23 heavy (non-hydrogen) atoms. The first kappa shape index (κ1) is 16.4. The van der Waals surface area contributed by atoms with Gasteiger partial charge in [0.25, 0.3) is 0 Å². The number of hydrogen-bond donors (Lipinski definition) is 0. The second-order valence-electron chi connectivity index (χ2n) is 6.36. The molecule has 1 aromatic rings. The van der Waals surface area contributed by atoms with Crippen LogP contribution in [0.3, 0.4) is 0 Å². The summed E-state index contributed by atoms with van der Waals surface area (Å²) in [7, 11) is 0. The zero-order valence-corrected chi connectivity index (χ0v) is 14.4. The Morgan fingerprint density at radius 2 is 1.87 bits per heavy atom. The third kappa shape index (κ3) is 3.72. The summed E-state index contributed by atoms with van der Waals surface area (Å²) in [5.74, 6) is 1.69. The molecule has 126 valence electrons. The van der Waals surface area contributed by atoms with Gasteiger partial charge in [-0.1, -0.05) is 25.4 Å². The fourth-order valence-corrected chi connectivity index (χ4v) is 3.29. The molecule has 6 heteroatoms. The molecular formula is C17H23ClN2O3. The van der Waals surface area contributed by atoms with E-state index >= 15 is 0 Å². The summed E-state index contributed by atoms with van der Waals surface area (Å²) < 4.78 is 11.2. The lowest BCUT2D eigenvalue weighted by Crippen LogP contribution is -2.49. The molecule has 0 atom stereocenters. The molecule has 3 rings (SSSR count). The average molecular weight is 339 g/mol. The van der Waals surface area contributed by atoms with Crippen LogP contribution in [0.5, 0.6) is 11.5 Å². The molecule has 0 aromatic heterocycles. The quantitative estimate of drug-likeness (QED) is 0.848. The molecule has 5 nitrogen and oxygen atoms in total. The first-order valence-corrected chi connectivity index (χ1v) is 8.51. The number of hydrogen-bond acceptors (Lipinski definition) is 4. The lowest BCUT2D eigenvalue weighted by Gasteiger charge is -2.35. The second-order valence-corrected chi connectivity index (χ2v) is 6.77. The van der Waals surface area contributed by atoms with E-state index in [0.29, 0.717) is 24.0 Å². The van der Waals surface area contributed by atoms with Crippen LogP contribution in [0.2, 0.25) is 5.02 Å². The highest BCUT2D eigenvalue weighted by molar-refractivity contribution is 6.32. The van der Waals surface area contributed by atoms with Crippen molar-refractivity contribution in [2.24, 2.45) is 5.92 Å². The molecule has 0 aliphatic carbocycles. The molecule has 2 heterocycles. The highest BCUT2D eigenvalue weighted by Gasteiger charge is 2.23. The van der Waals surface area contributed by atoms with Crippen molar-refractivity contribution in [3.63, 3.8) is 0 Å². The molecule has 1 amide bonds. The van der Waals surface area contributed by atoms with Crippen molar-refractivity contribution >= 4 is 17.5 Å². The lowest BCUT2D eigenvalue weighted by molar-refractivity contribution is -0.136. The van der Waals surface area contributed by atoms with Gasteiger partial charge in [-0.25, -0.2) is 0 Å². The van der Waals surface area contributed by atoms with Crippen molar-refractivity contribution in [1.82, 2.24) is 9.80 Å². The number of rotatable bonds is 3. The van der Waals surface area contributed by atoms with Gasteiger partial charge in [0.2, 0.25) is 5.91 Å². The van der Waals surface area contributed by atoms with Crippen molar-refractivity contribution in [2.75, 3.05) is 39.4 Å². The number of ether oxygens (including phenoxy) is 2. The Hall–Kier alpha value is -1.46. The van der Waals surface area contributed by atoms with Gasteiger partial charge in [0.05, 0.1) is 5.02 Å². The Morgan fingerprint density at radius 1 is 1.17 bits per heavy atom. The molecule has 2 aliphatic heterocycles. The van der Waals surface area contributed by atoms with E-state index in [4.69, 9.17) is 21.1 Å². The zero-order valence-electron chi connectivity index (χ0n) is 13.7. The van der Waals surface area contributed by atoms with Crippen LogP contribution in [0.4, 0.5) is 0 Å². The SMILES string of the molecule is CC(C)C(=O)N1CCN(Cc2cc(Cl)c3c(c2)OCCO3)CC1. The molecule has 0 saturated carbocycles. The fourth-order valence-electron chi connectivity index (χ4n) is 3.01. The van der Waals surface area contributed by atoms with Gasteiger partial charge in [-0.15, -0.1) is 0 Å². The summed E-state index contributed by atoms with van der Waals surface area (Å²) >= 11 is 6.29. The molecule has 1 saturated heterocycles. The summed E-state index contributed by atoms with van der Waals surface area (Å²) in [4.78, 5) is 16.3. The van der Waals surface area contributed by atoms with Crippen LogP contribution in [0.1, 0.15) is 19.4 Å². The lowest BCUT2D eigenvalue weighted by atomic mass is 10.1. The van der Waals surface area contributed by atoms with E-state index < -0.39 is 0 Å². The first-order valence-electron chi connectivity index (χ1n) is 8.14. The largest absolute Gasteiger partial charge is 0.486 e. The summed E-state index contributed by atoms with van der Waals surface area (Å²) in [6.45, 7) is 9.14. The third-order valence-corrected chi connectivity index (χ3v) is 4.52. The highest BCUT2D eigenvalue weighted by Crippen LogP contribution is 2.38. The van der Waals surface area contributed by atoms with Crippen LogP contribution < -0.4 is 9.47 Å².